The number of rotatable bonds is 6. The number of thioether (sulfide) groups is 1. The van der Waals surface area contributed by atoms with E-state index in [9.17, 15) is 4.79 Å². The molecule has 0 spiro atoms. The number of amides is 1. The first-order chi connectivity index (χ1) is 12.1. The van der Waals surface area contributed by atoms with Crippen LogP contribution in [0, 0.1) is 13.8 Å². The fraction of sp³-hybridized carbons (Fsp3) is 0.421. The summed E-state index contributed by atoms with van der Waals surface area (Å²) in [6.45, 7) is 3.85. The van der Waals surface area contributed by atoms with Gasteiger partial charge in [-0.15, -0.1) is 0 Å². The van der Waals surface area contributed by atoms with Gasteiger partial charge in [0.15, 0.2) is 5.16 Å². The number of anilines is 1. The molecule has 0 atom stereocenters. The number of carbonyl (C=O) groups is 1. The second-order valence-electron chi connectivity index (χ2n) is 6.32. The molecule has 5 nitrogen and oxygen atoms in total. The van der Waals surface area contributed by atoms with E-state index in [1.807, 2.05) is 44.2 Å². The number of aryl methyl sites for hydroxylation is 2. The Labute approximate surface area is 152 Å². The summed E-state index contributed by atoms with van der Waals surface area (Å²) in [4.78, 5) is 20.9. The SMILES string of the molecule is Cc1cc(C)nc(SCC(=O)Nc2cccc(OC3CCCC3)c2)n1. The van der Waals surface area contributed by atoms with Gasteiger partial charge in [0.25, 0.3) is 0 Å². The van der Waals surface area contributed by atoms with E-state index >= 15 is 0 Å². The smallest absolute Gasteiger partial charge is 0.234 e. The van der Waals surface area contributed by atoms with Crippen molar-refractivity contribution in [1.29, 1.82) is 0 Å². The maximum absolute atomic E-state index is 12.2. The summed E-state index contributed by atoms with van der Waals surface area (Å²) in [5.74, 6) is 1.01. The van der Waals surface area contributed by atoms with Gasteiger partial charge in [-0.3, -0.25) is 4.79 Å². The van der Waals surface area contributed by atoms with Crippen molar-refractivity contribution in [2.75, 3.05) is 11.1 Å². The van der Waals surface area contributed by atoms with Crippen molar-refractivity contribution in [3.63, 3.8) is 0 Å². The van der Waals surface area contributed by atoms with Crippen molar-refractivity contribution in [2.24, 2.45) is 0 Å². The van der Waals surface area contributed by atoms with Crippen LogP contribution in [0.5, 0.6) is 5.75 Å². The van der Waals surface area contributed by atoms with Crippen LogP contribution in [0.3, 0.4) is 0 Å². The molecule has 1 aliphatic rings. The Kier molecular flexibility index (Phi) is 5.91. The molecular formula is C19H23N3O2S. The maximum atomic E-state index is 12.2. The topological polar surface area (TPSA) is 64.1 Å². The van der Waals surface area contributed by atoms with E-state index in [0.29, 0.717) is 11.3 Å². The lowest BCUT2D eigenvalue weighted by Gasteiger charge is -2.14. The monoisotopic (exact) mass is 357 g/mol. The lowest BCUT2D eigenvalue weighted by molar-refractivity contribution is -0.113. The summed E-state index contributed by atoms with van der Waals surface area (Å²) >= 11 is 1.34. The molecule has 3 rings (SSSR count). The summed E-state index contributed by atoms with van der Waals surface area (Å²) < 4.78 is 5.98. The molecule has 1 saturated carbocycles. The number of hydrogen-bond donors (Lipinski definition) is 1. The van der Waals surface area contributed by atoms with E-state index in [0.717, 1.165) is 35.7 Å². The van der Waals surface area contributed by atoms with Crippen molar-refractivity contribution < 1.29 is 9.53 Å². The van der Waals surface area contributed by atoms with Crippen LogP contribution in [-0.2, 0) is 4.79 Å². The Morgan fingerprint density at radius 1 is 1.20 bits per heavy atom. The first-order valence-electron chi connectivity index (χ1n) is 8.60. The Balaban J connectivity index is 1.53. The molecule has 1 fully saturated rings. The number of benzene rings is 1. The first kappa shape index (κ1) is 17.7. The van der Waals surface area contributed by atoms with Crippen LogP contribution in [0.2, 0.25) is 0 Å². The van der Waals surface area contributed by atoms with Crippen molar-refractivity contribution in [2.45, 2.75) is 50.8 Å². The van der Waals surface area contributed by atoms with E-state index < -0.39 is 0 Å². The molecule has 1 heterocycles. The third kappa shape index (κ3) is 5.46. The Morgan fingerprint density at radius 3 is 2.64 bits per heavy atom. The maximum Gasteiger partial charge on any atom is 0.234 e. The average molecular weight is 357 g/mol. The second kappa shape index (κ2) is 8.34. The number of nitrogens with one attached hydrogen (secondary N) is 1. The fourth-order valence-electron chi connectivity index (χ4n) is 2.93. The normalized spacial score (nSPS) is 14.5. The molecule has 6 heteroatoms. The number of hydrogen-bond acceptors (Lipinski definition) is 5. The summed E-state index contributed by atoms with van der Waals surface area (Å²) in [6, 6.07) is 9.51. The molecule has 1 N–H and O–H groups in total. The van der Waals surface area contributed by atoms with Crippen LogP contribution in [-0.4, -0.2) is 27.7 Å². The highest BCUT2D eigenvalue weighted by Crippen LogP contribution is 2.26. The van der Waals surface area contributed by atoms with E-state index in [1.54, 1.807) is 0 Å². The molecule has 2 aromatic rings. The van der Waals surface area contributed by atoms with Crippen LogP contribution in [0.1, 0.15) is 37.1 Å². The number of aromatic nitrogens is 2. The van der Waals surface area contributed by atoms with Crippen LogP contribution < -0.4 is 10.1 Å². The zero-order chi connectivity index (χ0) is 17.6. The van der Waals surface area contributed by atoms with E-state index in [1.165, 1.54) is 24.6 Å². The van der Waals surface area contributed by atoms with Gasteiger partial charge in [-0.25, -0.2) is 9.97 Å². The highest BCUT2D eigenvalue weighted by Gasteiger charge is 2.16. The van der Waals surface area contributed by atoms with E-state index in [2.05, 4.69) is 15.3 Å². The zero-order valence-electron chi connectivity index (χ0n) is 14.6. The predicted octanol–water partition coefficient (Wildman–Crippen LogP) is 4.15. The molecule has 0 radical (unpaired) electrons. The second-order valence-corrected chi connectivity index (χ2v) is 7.26. The van der Waals surface area contributed by atoms with Gasteiger partial charge in [0.2, 0.25) is 5.91 Å². The minimum absolute atomic E-state index is 0.0780. The Morgan fingerprint density at radius 2 is 1.92 bits per heavy atom. The highest BCUT2D eigenvalue weighted by atomic mass is 32.2. The molecule has 1 aromatic carbocycles. The highest BCUT2D eigenvalue weighted by molar-refractivity contribution is 7.99. The van der Waals surface area contributed by atoms with Gasteiger partial charge in [-0.05, 0) is 57.7 Å². The molecule has 0 aliphatic heterocycles. The quantitative estimate of drug-likeness (QED) is 0.622. The van der Waals surface area contributed by atoms with Gasteiger partial charge < -0.3 is 10.1 Å². The van der Waals surface area contributed by atoms with Gasteiger partial charge in [0.1, 0.15) is 5.75 Å². The molecule has 25 heavy (non-hydrogen) atoms. The van der Waals surface area contributed by atoms with Crippen molar-refractivity contribution in [1.82, 2.24) is 9.97 Å². The summed E-state index contributed by atoms with van der Waals surface area (Å²) in [6.07, 6.45) is 5.01. The summed E-state index contributed by atoms with van der Waals surface area (Å²) in [5.41, 5.74) is 2.57. The fourth-order valence-corrected chi connectivity index (χ4v) is 3.68. The van der Waals surface area contributed by atoms with Gasteiger partial charge in [-0.1, -0.05) is 17.8 Å². The van der Waals surface area contributed by atoms with Crippen LogP contribution in [0.4, 0.5) is 5.69 Å². The number of carbonyl (C=O) groups excluding carboxylic acids is 1. The van der Waals surface area contributed by atoms with E-state index in [-0.39, 0.29) is 11.7 Å². The molecular weight excluding hydrogens is 334 g/mol. The minimum atomic E-state index is -0.0780. The number of nitrogens with zero attached hydrogens (tertiary/aromatic N) is 2. The minimum Gasteiger partial charge on any atom is -0.490 e. The van der Waals surface area contributed by atoms with E-state index in [4.69, 9.17) is 4.74 Å². The van der Waals surface area contributed by atoms with Crippen molar-refractivity contribution in [3.8, 4) is 5.75 Å². The zero-order valence-corrected chi connectivity index (χ0v) is 15.4. The summed E-state index contributed by atoms with van der Waals surface area (Å²) in [7, 11) is 0. The molecule has 132 valence electrons. The molecule has 1 aliphatic carbocycles. The summed E-state index contributed by atoms with van der Waals surface area (Å²) in [5, 5.41) is 3.54. The van der Waals surface area contributed by atoms with Crippen molar-refractivity contribution in [3.05, 3.63) is 41.7 Å². The third-order valence-corrected chi connectivity index (χ3v) is 4.86. The Bertz CT molecular complexity index is 725. The molecule has 0 saturated heterocycles. The first-order valence-corrected chi connectivity index (χ1v) is 9.59. The molecule has 1 aromatic heterocycles. The average Bonchev–Trinajstić information content (AvgIpc) is 3.05. The molecule has 0 unspecified atom stereocenters. The van der Waals surface area contributed by atoms with Gasteiger partial charge >= 0.3 is 0 Å². The van der Waals surface area contributed by atoms with Crippen LogP contribution in [0.15, 0.2) is 35.5 Å². The Hall–Kier alpha value is -2.08. The van der Waals surface area contributed by atoms with Gasteiger partial charge in [0, 0.05) is 23.1 Å². The van der Waals surface area contributed by atoms with Gasteiger partial charge in [-0.2, -0.15) is 0 Å². The molecule has 1 amide bonds. The van der Waals surface area contributed by atoms with Gasteiger partial charge in [0.05, 0.1) is 11.9 Å². The van der Waals surface area contributed by atoms with Crippen LogP contribution in [0.25, 0.3) is 0 Å². The lowest BCUT2D eigenvalue weighted by Crippen LogP contribution is -2.15. The van der Waals surface area contributed by atoms with Crippen molar-refractivity contribution >= 4 is 23.4 Å². The lowest BCUT2D eigenvalue weighted by atomic mass is 10.2. The van der Waals surface area contributed by atoms with Crippen LogP contribution >= 0.6 is 11.8 Å². The predicted molar refractivity (Wildman–Crippen MR) is 100 cm³/mol. The standard InChI is InChI=1S/C19H23N3O2S/c1-13-10-14(2)21-19(20-13)25-12-18(23)22-15-6-5-9-17(11-15)24-16-7-3-4-8-16/h5-6,9-11,16H,3-4,7-8,12H2,1-2H3,(H,22,23). The largest absolute Gasteiger partial charge is 0.490 e. The third-order valence-electron chi connectivity index (χ3n) is 4.02. The molecule has 0 bridgehead atoms. The number of ether oxygens (including phenoxy) is 1.